The highest BCUT2D eigenvalue weighted by atomic mass is 35.5. The van der Waals surface area contributed by atoms with E-state index in [9.17, 15) is 9.18 Å². The number of aliphatic carboxylic acids is 1. The van der Waals surface area contributed by atoms with E-state index in [1.807, 2.05) is 0 Å². The Morgan fingerprint density at radius 2 is 2.25 bits per heavy atom. The standard InChI is InChI=1S/C12H11ClFN3O2S/c1-17-10(15-16-12(17)20-6-11(18)19)5-7-8(13)3-2-4-9(7)14/h2-4H,5-6H2,1H3,(H,18,19). The smallest absolute Gasteiger partial charge is 0.313 e. The van der Waals surface area contributed by atoms with Crippen molar-refractivity contribution in [1.82, 2.24) is 14.8 Å². The molecule has 0 saturated heterocycles. The Balaban J connectivity index is 2.20. The van der Waals surface area contributed by atoms with Crippen LogP contribution in [0.4, 0.5) is 4.39 Å². The number of benzene rings is 1. The topological polar surface area (TPSA) is 68.0 Å². The number of thioether (sulfide) groups is 1. The highest BCUT2D eigenvalue weighted by molar-refractivity contribution is 7.99. The Morgan fingerprint density at radius 1 is 1.50 bits per heavy atom. The first-order valence-corrected chi connectivity index (χ1v) is 7.01. The van der Waals surface area contributed by atoms with Gasteiger partial charge in [0.05, 0.1) is 5.75 Å². The molecule has 0 atom stereocenters. The van der Waals surface area contributed by atoms with Crippen molar-refractivity contribution in [3.8, 4) is 0 Å². The second-order valence-electron chi connectivity index (χ2n) is 4.02. The number of carboxylic acid groups (broad SMARTS) is 1. The van der Waals surface area contributed by atoms with Crippen molar-refractivity contribution in [2.24, 2.45) is 7.05 Å². The number of hydrogen-bond acceptors (Lipinski definition) is 4. The van der Waals surface area contributed by atoms with Crippen LogP contribution in [0.5, 0.6) is 0 Å². The zero-order valence-corrected chi connectivity index (χ0v) is 12.1. The lowest BCUT2D eigenvalue weighted by molar-refractivity contribution is -0.133. The Hall–Kier alpha value is -1.60. The molecule has 0 saturated carbocycles. The quantitative estimate of drug-likeness (QED) is 0.858. The van der Waals surface area contributed by atoms with Gasteiger partial charge >= 0.3 is 5.97 Å². The minimum absolute atomic E-state index is 0.105. The molecule has 5 nitrogen and oxygen atoms in total. The van der Waals surface area contributed by atoms with Crippen molar-refractivity contribution in [2.75, 3.05) is 5.75 Å². The molecule has 2 rings (SSSR count). The third kappa shape index (κ3) is 3.29. The summed E-state index contributed by atoms with van der Waals surface area (Å²) in [7, 11) is 1.70. The van der Waals surface area contributed by atoms with Crippen molar-refractivity contribution in [2.45, 2.75) is 11.6 Å². The molecule has 0 spiro atoms. The van der Waals surface area contributed by atoms with Crippen molar-refractivity contribution < 1.29 is 14.3 Å². The van der Waals surface area contributed by atoms with Gasteiger partial charge in [0.2, 0.25) is 0 Å². The molecule has 0 amide bonds. The fraction of sp³-hybridized carbons (Fsp3) is 0.250. The monoisotopic (exact) mass is 315 g/mol. The normalized spacial score (nSPS) is 10.8. The lowest BCUT2D eigenvalue weighted by atomic mass is 10.1. The predicted octanol–water partition coefficient (Wildman–Crippen LogP) is 2.38. The maximum Gasteiger partial charge on any atom is 0.313 e. The number of carbonyl (C=O) groups is 1. The lowest BCUT2D eigenvalue weighted by Crippen LogP contribution is -2.04. The van der Waals surface area contributed by atoms with Gasteiger partial charge in [-0.1, -0.05) is 29.4 Å². The molecule has 2 aromatic rings. The average molecular weight is 316 g/mol. The van der Waals surface area contributed by atoms with Crippen LogP contribution in [-0.4, -0.2) is 31.6 Å². The fourth-order valence-corrected chi connectivity index (χ4v) is 2.49. The minimum Gasteiger partial charge on any atom is -0.481 e. The molecule has 8 heteroatoms. The third-order valence-corrected chi connectivity index (χ3v) is 4.01. The zero-order chi connectivity index (χ0) is 14.7. The van der Waals surface area contributed by atoms with Crippen molar-refractivity contribution in [3.63, 3.8) is 0 Å². The van der Waals surface area contributed by atoms with Gasteiger partial charge in [-0.05, 0) is 12.1 Å². The van der Waals surface area contributed by atoms with Gasteiger partial charge in [-0.25, -0.2) is 4.39 Å². The third-order valence-electron chi connectivity index (χ3n) is 2.65. The van der Waals surface area contributed by atoms with Crippen LogP contribution in [0.1, 0.15) is 11.4 Å². The maximum atomic E-state index is 13.7. The number of rotatable bonds is 5. The van der Waals surface area contributed by atoms with Gasteiger partial charge in [-0.2, -0.15) is 0 Å². The predicted molar refractivity (Wildman–Crippen MR) is 73.6 cm³/mol. The molecule has 1 heterocycles. The van der Waals surface area contributed by atoms with Gasteiger partial charge < -0.3 is 9.67 Å². The second-order valence-corrected chi connectivity index (χ2v) is 5.37. The zero-order valence-electron chi connectivity index (χ0n) is 10.5. The average Bonchev–Trinajstić information content (AvgIpc) is 2.73. The Kier molecular flexibility index (Phi) is 4.61. The minimum atomic E-state index is -0.934. The maximum absolute atomic E-state index is 13.7. The van der Waals surface area contributed by atoms with Crippen molar-refractivity contribution >= 4 is 29.3 Å². The molecule has 0 bridgehead atoms. The summed E-state index contributed by atoms with van der Waals surface area (Å²) in [6, 6.07) is 4.47. The van der Waals surface area contributed by atoms with Crippen LogP contribution in [0.3, 0.4) is 0 Å². The Morgan fingerprint density at radius 3 is 2.90 bits per heavy atom. The first-order valence-electron chi connectivity index (χ1n) is 5.64. The van der Waals surface area contributed by atoms with E-state index < -0.39 is 11.8 Å². The van der Waals surface area contributed by atoms with Crippen LogP contribution < -0.4 is 0 Å². The molecule has 106 valence electrons. The summed E-state index contributed by atoms with van der Waals surface area (Å²) in [6.45, 7) is 0. The van der Waals surface area contributed by atoms with Gasteiger partial charge in [-0.15, -0.1) is 10.2 Å². The van der Waals surface area contributed by atoms with E-state index in [1.54, 1.807) is 17.7 Å². The molecular weight excluding hydrogens is 305 g/mol. The number of halogens is 2. The van der Waals surface area contributed by atoms with Crippen molar-refractivity contribution in [3.05, 3.63) is 40.4 Å². The number of aromatic nitrogens is 3. The summed E-state index contributed by atoms with van der Waals surface area (Å²) in [5.74, 6) is -0.922. The summed E-state index contributed by atoms with van der Waals surface area (Å²) >= 11 is 7.02. The summed E-state index contributed by atoms with van der Waals surface area (Å²) in [4.78, 5) is 10.5. The molecule has 1 aromatic carbocycles. The van der Waals surface area contributed by atoms with E-state index in [0.717, 1.165) is 11.8 Å². The van der Waals surface area contributed by atoms with Crippen LogP contribution in [0, 0.1) is 5.82 Å². The van der Waals surface area contributed by atoms with Crippen LogP contribution in [0.25, 0.3) is 0 Å². The van der Waals surface area contributed by atoms with E-state index in [-0.39, 0.29) is 12.2 Å². The van der Waals surface area contributed by atoms with E-state index in [1.165, 1.54) is 12.1 Å². The molecule has 0 aliphatic carbocycles. The second kappa shape index (κ2) is 6.23. The number of hydrogen-bond donors (Lipinski definition) is 1. The SMILES string of the molecule is Cn1c(Cc2c(F)cccc2Cl)nnc1SCC(=O)O. The Bertz CT molecular complexity index is 627. The summed E-state index contributed by atoms with van der Waals surface area (Å²) in [5, 5.41) is 17.3. The largest absolute Gasteiger partial charge is 0.481 e. The Labute approximate surface area is 123 Å². The van der Waals surface area contributed by atoms with Crippen LogP contribution in [0.15, 0.2) is 23.4 Å². The van der Waals surface area contributed by atoms with E-state index in [0.29, 0.717) is 21.6 Å². The summed E-state index contributed by atoms with van der Waals surface area (Å²) in [6.07, 6.45) is 0.197. The van der Waals surface area contributed by atoms with Gasteiger partial charge in [0.15, 0.2) is 5.16 Å². The molecule has 0 radical (unpaired) electrons. The molecule has 1 N–H and O–H groups in total. The van der Waals surface area contributed by atoms with Gasteiger partial charge in [0.25, 0.3) is 0 Å². The number of nitrogens with zero attached hydrogens (tertiary/aromatic N) is 3. The van der Waals surface area contributed by atoms with E-state index >= 15 is 0 Å². The van der Waals surface area contributed by atoms with Crippen molar-refractivity contribution in [1.29, 1.82) is 0 Å². The van der Waals surface area contributed by atoms with Gasteiger partial charge in [0, 0.05) is 24.1 Å². The molecule has 0 unspecified atom stereocenters. The highest BCUT2D eigenvalue weighted by Gasteiger charge is 2.15. The molecule has 0 aliphatic rings. The van der Waals surface area contributed by atoms with Crippen LogP contribution in [0.2, 0.25) is 5.02 Å². The molecule has 0 fully saturated rings. The first kappa shape index (κ1) is 14.8. The summed E-state index contributed by atoms with van der Waals surface area (Å²) < 4.78 is 15.3. The molecule has 0 aliphatic heterocycles. The summed E-state index contributed by atoms with van der Waals surface area (Å²) in [5.41, 5.74) is 0.347. The molecular formula is C12H11ClFN3O2S. The lowest BCUT2D eigenvalue weighted by Gasteiger charge is -2.06. The molecule has 20 heavy (non-hydrogen) atoms. The fourth-order valence-electron chi connectivity index (χ4n) is 1.61. The van der Waals surface area contributed by atoms with E-state index in [2.05, 4.69) is 10.2 Å². The number of carboxylic acids is 1. The highest BCUT2D eigenvalue weighted by Crippen LogP contribution is 2.23. The van der Waals surface area contributed by atoms with Crippen LogP contribution >= 0.6 is 23.4 Å². The van der Waals surface area contributed by atoms with Gasteiger partial charge in [-0.3, -0.25) is 4.79 Å². The van der Waals surface area contributed by atoms with Gasteiger partial charge in [0.1, 0.15) is 11.6 Å². The molecule has 1 aromatic heterocycles. The van der Waals surface area contributed by atoms with Crippen LogP contribution in [-0.2, 0) is 18.3 Å². The first-order chi connectivity index (χ1) is 9.49. The van der Waals surface area contributed by atoms with E-state index in [4.69, 9.17) is 16.7 Å².